The molecule has 42 heavy (non-hydrogen) atoms. The Hall–Kier alpha value is -1.49. The number of nitrogens with one attached hydrogen (secondary N) is 3. The van der Waals surface area contributed by atoms with E-state index in [0.29, 0.717) is 24.2 Å². The smallest absolute Gasteiger partial charge is 0.329 e. The average molecular weight is 609 g/mol. The molecule has 11 nitrogen and oxygen atoms in total. The van der Waals surface area contributed by atoms with Crippen LogP contribution >= 0.6 is 7.60 Å². The number of rotatable bonds is 16. The van der Waals surface area contributed by atoms with Crippen LogP contribution in [-0.2, 0) is 9.09 Å². The maximum Gasteiger partial charge on any atom is 0.329 e. The molecule has 0 bridgehead atoms. The lowest BCUT2D eigenvalue weighted by atomic mass is 9.82. The van der Waals surface area contributed by atoms with Gasteiger partial charge >= 0.3 is 7.60 Å². The first-order valence-corrected chi connectivity index (χ1v) is 18.4. The molecule has 2 heterocycles. The van der Waals surface area contributed by atoms with E-state index < -0.39 is 7.60 Å². The number of aromatic nitrogens is 2. The first-order chi connectivity index (χ1) is 20.4. The van der Waals surface area contributed by atoms with Gasteiger partial charge in [0.2, 0.25) is 5.95 Å². The monoisotopic (exact) mass is 608 g/mol. The summed E-state index contributed by atoms with van der Waals surface area (Å²) in [5.74, 6) is 3.35. The summed E-state index contributed by atoms with van der Waals surface area (Å²) >= 11 is 0. The number of hydrogen-bond donors (Lipinski definition) is 5. The van der Waals surface area contributed by atoms with Crippen LogP contribution in [0.1, 0.15) is 77.6 Å². The van der Waals surface area contributed by atoms with Crippen molar-refractivity contribution >= 4 is 25.2 Å². The fourth-order valence-electron chi connectivity index (χ4n) is 6.66. The predicted octanol–water partition coefficient (Wildman–Crippen LogP) is 3.91. The molecule has 4 rings (SSSR count). The molecule has 6 N–H and O–H groups in total. The Bertz CT molecular complexity index is 958. The van der Waals surface area contributed by atoms with E-state index in [1.54, 1.807) is 6.92 Å². The topological polar surface area (TPSA) is 141 Å². The highest BCUT2D eigenvalue weighted by atomic mass is 31.2. The molecule has 1 saturated heterocycles. The zero-order valence-corrected chi connectivity index (χ0v) is 26.8. The van der Waals surface area contributed by atoms with Gasteiger partial charge in [-0.2, -0.15) is 9.97 Å². The Morgan fingerprint density at radius 3 is 2.50 bits per heavy atom. The van der Waals surface area contributed by atoms with Crippen molar-refractivity contribution in [2.75, 3.05) is 87.6 Å². The standard InChI is InChI=1S/C30H57N8O3P/c1-2-41-42(39,40)21-20-37-16-7-17-38(19-18-37)29-22-28(31)35-30(36-29)34-24-26-12-10-25(11-13-26)23-32-14-6-15-33-27-8-4-3-5-9-27/h22,25-27,32-33H,2-21,23-24H2,1H3,(H,39,40)(H3,31,34,35,36). The summed E-state index contributed by atoms with van der Waals surface area (Å²) in [6.45, 7) is 10.2. The van der Waals surface area contributed by atoms with Crippen LogP contribution in [0, 0.1) is 11.8 Å². The van der Waals surface area contributed by atoms with E-state index in [9.17, 15) is 9.46 Å². The van der Waals surface area contributed by atoms with Crippen LogP contribution in [0.15, 0.2) is 6.07 Å². The van der Waals surface area contributed by atoms with Gasteiger partial charge in [0.05, 0.1) is 12.8 Å². The van der Waals surface area contributed by atoms with Gasteiger partial charge in [-0.25, -0.2) is 0 Å². The Morgan fingerprint density at radius 1 is 0.976 bits per heavy atom. The molecule has 1 unspecified atom stereocenters. The molecule has 2 aliphatic carbocycles. The lowest BCUT2D eigenvalue weighted by Crippen LogP contribution is -2.34. The number of hydrogen-bond acceptors (Lipinski definition) is 10. The molecule has 1 atom stereocenters. The lowest BCUT2D eigenvalue weighted by molar-refractivity contribution is 0.258. The van der Waals surface area contributed by atoms with E-state index in [4.69, 9.17) is 15.2 Å². The SMILES string of the molecule is CCOP(=O)(O)CCN1CCCN(c2cc(N)nc(NCC3CCC(CNCCCNC4CCCCC4)CC3)n2)CC1. The van der Waals surface area contributed by atoms with Gasteiger partial charge in [0.25, 0.3) is 0 Å². The van der Waals surface area contributed by atoms with Crippen LogP contribution in [-0.4, -0.2) is 97.5 Å². The van der Waals surface area contributed by atoms with Gasteiger partial charge in [-0.15, -0.1) is 0 Å². The molecule has 1 aromatic heterocycles. The van der Waals surface area contributed by atoms with E-state index in [-0.39, 0.29) is 12.8 Å². The highest BCUT2D eigenvalue weighted by Crippen LogP contribution is 2.41. The average Bonchev–Trinajstić information content (AvgIpc) is 3.24. The predicted molar refractivity (Wildman–Crippen MR) is 172 cm³/mol. The molecular formula is C30H57N8O3P. The molecule has 1 aliphatic heterocycles. The molecule has 3 fully saturated rings. The summed E-state index contributed by atoms with van der Waals surface area (Å²) in [6.07, 6.45) is 14.3. The largest absolute Gasteiger partial charge is 0.383 e. The van der Waals surface area contributed by atoms with Crippen LogP contribution in [0.5, 0.6) is 0 Å². The van der Waals surface area contributed by atoms with Crippen molar-refractivity contribution in [3.05, 3.63) is 6.07 Å². The highest BCUT2D eigenvalue weighted by Gasteiger charge is 2.24. The molecule has 0 amide bonds. The van der Waals surface area contributed by atoms with Crippen molar-refractivity contribution in [3.63, 3.8) is 0 Å². The lowest BCUT2D eigenvalue weighted by Gasteiger charge is -2.29. The van der Waals surface area contributed by atoms with Gasteiger partial charge in [0, 0.05) is 44.8 Å². The Morgan fingerprint density at radius 2 is 1.74 bits per heavy atom. The van der Waals surface area contributed by atoms with Crippen LogP contribution < -0.4 is 26.6 Å². The summed E-state index contributed by atoms with van der Waals surface area (Å²) in [5.41, 5.74) is 6.19. The third kappa shape index (κ3) is 11.9. The molecule has 0 radical (unpaired) electrons. The summed E-state index contributed by atoms with van der Waals surface area (Å²) in [6, 6.07) is 2.61. The van der Waals surface area contributed by atoms with Gasteiger partial charge in [-0.3, -0.25) is 4.57 Å². The van der Waals surface area contributed by atoms with Gasteiger partial charge < -0.3 is 40.9 Å². The van der Waals surface area contributed by atoms with Crippen molar-refractivity contribution in [2.45, 2.75) is 83.6 Å². The third-order valence-corrected chi connectivity index (χ3v) is 10.6. The third-order valence-electron chi connectivity index (χ3n) is 9.19. The first-order valence-electron chi connectivity index (χ1n) is 16.7. The Labute approximate surface area is 253 Å². The Balaban J connectivity index is 1.11. The summed E-state index contributed by atoms with van der Waals surface area (Å²) < 4.78 is 17.1. The van der Waals surface area contributed by atoms with E-state index in [1.165, 1.54) is 64.2 Å². The molecule has 3 aliphatic rings. The molecular weight excluding hydrogens is 551 g/mol. The molecule has 0 spiro atoms. The summed E-state index contributed by atoms with van der Waals surface area (Å²) in [7, 11) is -3.50. The van der Waals surface area contributed by atoms with Gasteiger partial charge in [0.15, 0.2) is 0 Å². The molecule has 240 valence electrons. The minimum absolute atomic E-state index is 0.159. The maximum atomic E-state index is 12.1. The molecule has 12 heteroatoms. The van der Waals surface area contributed by atoms with Crippen molar-refractivity contribution in [2.24, 2.45) is 11.8 Å². The molecule has 2 saturated carbocycles. The summed E-state index contributed by atoms with van der Waals surface area (Å²) in [5, 5.41) is 10.9. The van der Waals surface area contributed by atoms with Crippen LogP contribution in [0.4, 0.5) is 17.6 Å². The minimum atomic E-state index is -3.50. The van der Waals surface area contributed by atoms with E-state index in [0.717, 1.165) is 76.6 Å². The molecule has 1 aromatic rings. The van der Waals surface area contributed by atoms with Gasteiger partial charge in [0.1, 0.15) is 11.6 Å². The van der Waals surface area contributed by atoms with Crippen molar-refractivity contribution in [1.29, 1.82) is 0 Å². The van der Waals surface area contributed by atoms with Gasteiger partial charge in [-0.1, -0.05) is 19.3 Å². The minimum Gasteiger partial charge on any atom is -0.383 e. The van der Waals surface area contributed by atoms with Crippen molar-refractivity contribution in [1.82, 2.24) is 25.5 Å². The number of nitrogens with zero attached hydrogens (tertiary/aromatic N) is 4. The van der Waals surface area contributed by atoms with E-state index >= 15 is 0 Å². The second-order valence-electron chi connectivity index (χ2n) is 12.6. The van der Waals surface area contributed by atoms with Crippen LogP contribution in [0.3, 0.4) is 0 Å². The highest BCUT2D eigenvalue weighted by molar-refractivity contribution is 7.52. The summed E-state index contributed by atoms with van der Waals surface area (Å²) in [4.78, 5) is 23.7. The second kappa shape index (κ2) is 17.7. The van der Waals surface area contributed by atoms with E-state index in [2.05, 4.69) is 30.7 Å². The van der Waals surface area contributed by atoms with E-state index in [1.807, 2.05) is 6.07 Å². The Kier molecular flexibility index (Phi) is 14.1. The maximum absolute atomic E-state index is 12.1. The van der Waals surface area contributed by atoms with Crippen molar-refractivity contribution < 1.29 is 14.0 Å². The normalized spacial score (nSPS) is 24.3. The number of nitrogen functional groups attached to an aromatic ring is 1. The zero-order chi connectivity index (χ0) is 29.6. The number of nitrogens with two attached hydrogens (primary N) is 1. The first kappa shape index (κ1) is 33.4. The fourth-order valence-corrected chi connectivity index (χ4v) is 7.73. The zero-order valence-electron chi connectivity index (χ0n) is 25.9. The quantitative estimate of drug-likeness (QED) is 0.138. The van der Waals surface area contributed by atoms with Gasteiger partial charge in [-0.05, 0) is 96.3 Å². The number of anilines is 3. The van der Waals surface area contributed by atoms with Crippen LogP contribution in [0.25, 0.3) is 0 Å². The van der Waals surface area contributed by atoms with Crippen molar-refractivity contribution in [3.8, 4) is 0 Å². The van der Waals surface area contributed by atoms with Crippen LogP contribution in [0.2, 0.25) is 0 Å². The fraction of sp³-hybridized carbons (Fsp3) is 0.867. The second-order valence-corrected chi connectivity index (χ2v) is 14.5. The molecule has 0 aromatic carbocycles.